The number of nitrogens with zero attached hydrogens (tertiary/aromatic N) is 2. The molecule has 0 atom stereocenters. The highest BCUT2D eigenvalue weighted by atomic mass is 16.5. The summed E-state index contributed by atoms with van der Waals surface area (Å²) < 4.78 is 7.37. The van der Waals surface area contributed by atoms with Crippen LogP contribution in [0.2, 0.25) is 0 Å². The van der Waals surface area contributed by atoms with Gasteiger partial charge in [-0.05, 0) is 52.9 Å². The van der Waals surface area contributed by atoms with Crippen molar-refractivity contribution in [2.24, 2.45) is 0 Å². The highest BCUT2D eigenvalue weighted by Gasteiger charge is 2.13. The molecule has 146 valence electrons. The fraction of sp³-hybridized carbons (Fsp3) is 0.0400. The number of imidazole rings is 1. The van der Waals surface area contributed by atoms with Crippen molar-refractivity contribution in [3.8, 4) is 22.6 Å². The Morgan fingerprint density at radius 1 is 0.933 bits per heavy atom. The van der Waals surface area contributed by atoms with Crippen molar-refractivity contribution >= 4 is 27.8 Å². The molecule has 0 radical (unpaired) electrons. The molecule has 1 aromatic heterocycles. The third-order valence-electron chi connectivity index (χ3n) is 5.34. The zero-order valence-corrected chi connectivity index (χ0v) is 16.2. The Labute approximate surface area is 172 Å². The van der Waals surface area contributed by atoms with Crippen molar-refractivity contribution in [2.75, 3.05) is 7.11 Å². The zero-order valence-electron chi connectivity index (χ0n) is 16.2. The molecule has 5 rings (SSSR count). The molecule has 1 heterocycles. The summed E-state index contributed by atoms with van der Waals surface area (Å²) in [7, 11) is 1.48. The number of ether oxygens (including phenoxy) is 1. The minimum Gasteiger partial charge on any atom is -0.496 e. The third-order valence-corrected chi connectivity index (χ3v) is 5.34. The van der Waals surface area contributed by atoms with Crippen LogP contribution in [0.3, 0.4) is 0 Å². The van der Waals surface area contributed by atoms with E-state index in [9.17, 15) is 9.90 Å². The molecule has 0 aliphatic rings. The molecular weight excluding hydrogens is 376 g/mol. The Morgan fingerprint density at radius 2 is 1.73 bits per heavy atom. The maximum atomic E-state index is 11.4. The number of aromatic nitrogens is 2. The molecule has 30 heavy (non-hydrogen) atoms. The lowest BCUT2D eigenvalue weighted by atomic mass is 9.99. The van der Waals surface area contributed by atoms with Crippen LogP contribution in [0.25, 0.3) is 38.6 Å². The lowest BCUT2D eigenvalue weighted by molar-refractivity contribution is 0.0693. The second-order valence-electron chi connectivity index (χ2n) is 7.04. The van der Waals surface area contributed by atoms with E-state index in [4.69, 9.17) is 4.74 Å². The third kappa shape index (κ3) is 2.88. The van der Waals surface area contributed by atoms with E-state index in [1.807, 2.05) is 36.7 Å². The summed E-state index contributed by atoms with van der Waals surface area (Å²) in [5.41, 5.74) is 5.12. The Hall–Kier alpha value is -4.12. The average Bonchev–Trinajstić information content (AvgIpc) is 3.21. The lowest BCUT2D eigenvalue weighted by Gasteiger charge is -2.12. The zero-order chi connectivity index (χ0) is 20.7. The van der Waals surface area contributed by atoms with Gasteiger partial charge in [-0.15, -0.1) is 0 Å². The molecule has 0 bridgehead atoms. The standard InChI is InChI=1S/C25H18N2O3/c1-30-24-14-17(10-12-20(24)25(28)29)16-9-11-19-18(13-16)5-4-8-22(19)27-15-26-21-6-2-3-7-23(21)27/h2-15H,1H3,(H,28,29). The summed E-state index contributed by atoms with van der Waals surface area (Å²) in [6.07, 6.45) is 1.85. The highest BCUT2D eigenvalue weighted by molar-refractivity contribution is 5.96. The molecular formula is C25H18N2O3. The van der Waals surface area contributed by atoms with Crippen LogP contribution in [0.1, 0.15) is 10.4 Å². The van der Waals surface area contributed by atoms with Crippen LogP contribution in [0.5, 0.6) is 5.75 Å². The molecule has 0 spiro atoms. The average molecular weight is 394 g/mol. The van der Waals surface area contributed by atoms with Crippen molar-refractivity contribution < 1.29 is 14.6 Å². The van der Waals surface area contributed by atoms with Crippen LogP contribution < -0.4 is 4.74 Å². The predicted molar refractivity (Wildman–Crippen MR) is 118 cm³/mol. The highest BCUT2D eigenvalue weighted by Crippen LogP contribution is 2.32. The molecule has 0 amide bonds. The maximum Gasteiger partial charge on any atom is 0.339 e. The first-order valence-electron chi connectivity index (χ1n) is 9.52. The normalized spacial score (nSPS) is 11.1. The van der Waals surface area contributed by atoms with Gasteiger partial charge in [-0.25, -0.2) is 9.78 Å². The van der Waals surface area contributed by atoms with Gasteiger partial charge in [0, 0.05) is 5.39 Å². The van der Waals surface area contributed by atoms with E-state index >= 15 is 0 Å². The van der Waals surface area contributed by atoms with Crippen molar-refractivity contribution in [1.29, 1.82) is 0 Å². The van der Waals surface area contributed by atoms with E-state index in [0.29, 0.717) is 5.75 Å². The molecule has 0 fully saturated rings. The number of para-hydroxylation sites is 2. The largest absolute Gasteiger partial charge is 0.496 e. The number of carboxylic acids is 1. The number of hydrogen-bond acceptors (Lipinski definition) is 3. The van der Waals surface area contributed by atoms with Gasteiger partial charge in [-0.3, -0.25) is 4.57 Å². The molecule has 5 heteroatoms. The van der Waals surface area contributed by atoms with Gasteiger partial charge < -0.3 is 9.84 Å². The monoisotopic (exact) mass is 394 g/mol. The second-order valence-corrected chi connectivity index (χ2v) is 7.04. The summed E-state index contributed by atoms with van der Waals surface area (Å²) in [5.74, 6) is -0.659. The van der Waals surface area contributed by atoms with Crippen molar-refractivity contribution in [2.45, 2.75) is 0 Å². The van der Waals surface area contributed by atoms with Gasteiger partial charge in [0.25, 0.3) is 0 Å². The summed E-state index contributed by atoms with van der Waals surface area (Å²) in [6, 6.07) is 25.6. The summed E-state index contributed by atoms with van der Waals surface area (Å²) in [6.45, 7) is 0. The topological polar surface area (TPSA) is 64.4 Å². The molecule has 1 N–H and O–H groups in total. The Morgan fingerprint density at radius 3 is 2.57 bits per heavy atom. The van der Waals surface area contributed by atoms with Crippen molar-refractivity contribution in [1.82, 2.24) is 9.55 Å². The van der Waals surface area contributed by atoms with Crippen LogP contribution >= 0.6 is 0 Å². The van der Waals surface area contributed by atoms with Crippen LogP contribution in [0, 0.1) is 0 Å². The first-order chi connectivity index (χ1) is 14.7. The van der Waals surface area contributed by atoms with Gasteiger partial charge in [0.2, 0.25) is 0 Å². The van der Waals surface area contributed by atoms with Gasteiger partial charge >= 0.3 is 5.97 Å². The quantitative estimate of drug-likeness (QED) is 0.434. The molecule has 0 unspecified atom stereocenters. The van der Waals surface area contributed by atoms with Crippen LogP contribution in [-0.2, 0) is 0 Å². The molecule has 5 aromatic rings. The first-order valence-corrected chi connectivity index (χ1v) is 9.52. The van der Waals surface area contributed by atoms with E-state index < -0.39 is 5.97 Å². The molecule has 4 aromatic carbocycles. The number of fused-ring (bicyclic) bond motifs is 2. The number of aromatic carboxylic acids is 1. The number of rotatable bonds is 4. The minimum absolute atomic E-state index is 0.149. The van der Waals surface area contributed by atoms with E-state index in [1.54, 1.807) is 18.2 Å². The van der Waals surface area contributed by atoms with Gasteiger partial charge in [-0.2, -0.15) is 0 Å². The molecule has 5 nitrogen and oxygen atoms in total. The molecule has 0 aliphatic heterocycles. The Balaban J connectivity index is 1.64. The van der Waals surface area contributed by atoms with E-state index in [1.165, 1.54) is 7.11 Å². The first kappa shape index (κ1) is 17.9. The predicted octanol–water partition coefficient (Wildman–Crippen LogP) is 5.55. The lowest BCUT2D eigenvalue weighted by Crippen LogP contribution is -2.00. The molecule has 0 saturated heterocycles. The molecule has 0 aliphatic carbocycles. The fourth-order valence-electron chi connectivity index (χ4n) is 3.85. The Kier molecular flexibility index (Phi) is 4.21. The van der Waals surface area contributed by atoms with Gasteiger partial charge in [-0.1, -0.05) is 42.5 Å². The number of methoxy groups -OCH3 is 1. The van der Waals surface area contributed by atoms with Crippen molar-refractivity contribution in [3.63, 3.8) is 0 Å². The van der Waals surface area contributed by atoms with Crippen LogP contribution in [0.4, 0.5) is 0 Å². The Bertz CT molecular complexity index is 1420. The van der Waals surface area contributed by atoms with Crippen LogP contribution in [-0.4, -0.2) is 27.7 Å². The maximum absolute atomic E-state index is 11.4. The van der Waals surface area contributed by atoms with Gasteiger partial charge in [0.15, 0.2) is 0 Å². The SMILES string of the molecule is COc1cc(-c2ccc3c(-n4cnc5ccccc54)cccc3c2)ccc1C(=O)O. The fourth-order valence-corrected chi connectivity index (χ4v) is 3.85. The summed E-state index contributed by atoms with van der Waals surface area (Å²) in [4.78, 5) is 15.9. The van der Waals surface area contributed by atoms with E-state index in [-0.39, 0.29) is 5.56 Å². The number of hydrogen-bond donors (Lipinski definition) is 1. The van der Waals surface area contributed by atoms with Crippen molar-refractivity contribution in [3.05, 3.63) is 90.8 Å². The van der Waals surface area contributed by atoms with Gasteiger partial charge in [0.1, 0.15) is 17.6 Å². The summed E-state index contributed by atoms with van der Waals surface area (Å²) in [5, 5.41) is 11.5. The molecule has 0 saturated carbocycles. The van der Waals surface area contributed by atoms with Crippen LogP contribution in [0.15, 0.2) is 85.2 Å². The second kappa shape index (κ2) is 7.04. The smallest absolute Gasteiger partial charge is 0.339 e. The van der Waals surface area contributed by atoms with E-state index in [0.717, 1.165) is 38.6 Å². The summed E-state index contributed by atoms with van der Waals surface area (Å²) >= 11 is 0. The number of carbonyl (C=O) groups is 1. The minimum atomic E-state index is -1.01. The van der Waals surface area contributed by atoms with Gasteiger partial charge in [0.05, 0.1) is 23.8 Å². The van der Waals surface area contributed by atoms with E-state index in [2.05, 4.69) is 39.9 Å². The number of benzene rings is 4. The number of carboxylic acid groups (broad SMARTS) is 1.